The lowest BCUT2D eigenvalue weighted by Crippen LogP contribution is -2.47. The Morgan fingerprint density at radius 3 is 2.60 bits per heavy atom. The van der Waals surface area contributed by atoms with Crippen LogP contribution >= 0.6 is 0 Å². The van der Waals surface area contributed by atoms with Crippen molar-refractivity contribution in [1.29, 1.82) is 0 Å². The van der Waals surface area contributed by atoms with Crippen LogP contribution in [0.4, 0.5) is 0 Å². The Bertz CT molecular complexity index is 840. The Kier molecular flexibility index (Phi) is 4.04. The van der Waals surface area contributed by atoms with Crippen molar-refractivity contribution in [1.82, 2.24) is 14.7 Å². The standard InChI is InChI=1S/C21H25N3O/c1-16(2)24-14-21(25)20-13-22(9-10-23(20)15-24)12-17-7-8-18-5-3-4-6-19(18)11-17/h3-8,11,13-14,16,25H,9-10,12,15H2,1-2H3. The number of aliphatic hydroxyl groups is 1. The lowest BCUT2D eigenvalue weighted by Gasteiger charge is -2.43. The van der Waals surface area contributed by atoms with Gasteiger partial charge in [-0.05, 0) is 36.2 Å². The van der Waals surface area contributed by atoms with Crippen LogP contribution in [0.15, 0.2) is 66.3 Å². The number of rotatable bonds is 3. The fourth-order valence-corrected chi connectivity index (χ4v) is 3.53. The summed E-state index contributed by atoms with van der Waals surface area (Å²) in [6, 6.07) is 15.5. The molecule has 1 N–H and O–H groups in total. The van der Waals surface area contributed by atoms with Crippen molar-refractivity contribution in [3.8, 4) is 0 Å². The summed E-state index contributed by atoms with van der Waals surface area (Å²) in [5.74, 6) is 0.364. The molecule has 0 aromatic heterocycles. The zero-order valence-corrected chi connectivity index (χ0v) is 14.9. The lowest BCUT2D eigenvalue weighted by molar-refractivity contribution is 0.120. The molecule has 2 aromatic rings. The monoisotopic (exact) mass is 335 g/mol. The van der Waals surface area contributed by atoms with Gasteiger partial charge < -0.3 is 19.8 Å². The molecule has 0 saturated carbocycles. The molecule has 2 heterocycles. The van der Waals surface area contributed by atoms with E-state index >= 15 is 0 Å². The van der Waals surface area contributed by atoms with Crippen molar-refractivity contribution < 1.29 is 5.11 Å². The number of aliphatic hydroxyl groups excluding tert-OH is 1. The third-order valence-corrected chi connectivity index (χ3v) is 5.05. The van der Waals surface area contributed by atoms with Gasteiger partial charge in [-0.3, -0.25) is 0 Å². The molecule has 2 aliphatic heterocycles. The second-order valence-electron chi connectivity index (χ2n) is 7.19. The average molecular weight is 335 g/mol. The van der Waals surface area contributed by atoms with E-state index in [4.69, 9.17) is 0 Å². The summed E-state index contributed by atoms with van der Waals surface area (Å²) in [6.45, 7) is 7.90. The summed E-state index contributed by atoms with van der Waals surface area (Å²) < 4.78 is 0. The summed E-state index contributed by atoms with van der Waals surface area (Å²) in [7, 11) is 0. The van der Waals surface area contributed by atoms with Crippen LogP contribution in [0.1, 0.15) is 19.4 Å². The van der Waals surface area contributed by atoms with Gasteiger partial charge in [-0.15, -0.1) is 0 Å². The molecule has 0 unspecified atom stereocenters. The number of hydrogen-bond acceptors (Lipinski definition) is 4. The smallest absolute Gasteiger partial charge is 0.156 e. The minimum Gasteiger partial charge on any atom is -0.504 e. The van der Waals surface area contributed by atoms with Crippen LogP contribution in [0.5, 0.6) is 0 Å². The molecule has 4 heteroatoms. The Morgan fingerprint density at radius 1 is 1.00 bits per heavy atom. The summed E-state index contributed by atoms with van der Waals surface area (Å²) in [5.41, 5.74) is 2.23. The van der Waals surface area contributed by atoms with Crippen LogP contribution in [0.25, 0.3) is 10.8 Å². The van der Waals surface area contributed by atoms with E-state index in [1.54, 1.807) is 0 Å². The van der Waals surface area contributed by atoms with E-state index in [0.29, 0.717) is 11.8 Å². The van der Waals surface area contributed by atoms with Gasteiger partial charge in [0.25, 0.3) is 0 Å². The first-order valence-corrected chi connectivity index (χ1v) is 8.95. The molecule has 25 heavy (non-hydrogen) atoms. The van der Waals surface area contributed by atoms with Crippen molar-refractivity contribution in [2.75, 3.05) is 19.8 Å². The zero-order chi connectivity index (χ0) is 17.4. The van der Waals surface area contributed by atoms with Gasteiger partial charge in [0.05, 0.1) is 12.4 Å². The Hall–Kier alpha value is -2.62. The minimum atomic E-state index is 0.364. The average Bonchev–Trinajstić information content (AvgIpc) is 2.62. The van der Waals surface area contributed by atoms with Crippen LogP contribution in [0.3, 0.4) is 0 Å². The fraction of sp³-hybridized carbons (Fsp3) is 0.333. The van der Waals surface area contributed by atoms with Crippen LogP contribution in [0, 0.1) is 0 Å². The predicted octanol–water partition coefficient (Wildman–Crippen LogP) is 3.88. The van der Waals surface area contributed by atoms with Crippen molar-refractivity contribution in [2.24, 2.45) is 0 Å². The van der Waals surface area contributed by atoms with Crippen LogP contribution < -0.4 is 0 Å². The lowest BCUT2D eigenvalue weighted by atomic mass is 10.1. The molecule has 0 amide bonds. The molecular weight excluding hydrogens is 310 g/mol. The number of hydrogen-bond donors (Lipinski definition) is 1. The van der Waals surface area contributed by atoms with Gasteiger partial charge >= 0.3 is 0 Å². The highest BCUT2D eigenvalue weighted by atomic mass is 16.3. The molecule has 130 valence electrons. The van der Waals surface area contributed by atoms with E-state index in [1.807, 2.05) is 6.20 Å². The molecule has 2 aromatic carbocycles. The van der Waals surface area contributed by atoms with E-state index in [1.165, 1.54) is 16.3 Å². The van der Waals surface area contributed by atoms with E-state index in [0.717, 1.165) is 32.0 Å². The molecule has 0 atom stereocenters. The fourth-order valence-electron chi connectivity index (χ4n) is 3.53. The highest BCUT2D eigenvalue weighted by Crippen LogP contribution is 2.26. The predicted molar refractivity (Wildman–Crippen MR) is 102 cm³/mol. The van der Waals surface area contributed by atoms with Gasteiger partial charge in [-0.2, -0.15) is 0 Å². The van der Waals surface area contributed by atoms with Crippen LogP contribution in [-0.2, 0) is 6.54 Å². The Morgan fingerprint density at radius 2 is 1.80 bits per heavy atom. The second-order valence-corrected chi connectivity index (χ2v) is 7.19. The first kappa shape index (κ1) is 15.9. The number of benzene rings is 2. The van der Waals surface area contributed by atoms with Gasteiger partial charge in [0.15, 0.2) is 5.76 Å². The van der Waals surface area contributed by atoms with E-state index < -0.39 is 0 Å². The quantitative estimate of drug-likeness (QED) is 0.922. The first-order valence-electron chi connectivity index (χ1n) is 8.95. The highest BCUT2D eigenvalue weighted by molar-refractivity contribution is 5.82. The number of nitrogens with zero attached hydrogens (tertiary/aromatic N) is 3. The van der Waals surface area contributed by atoms with Gasteiger partial charge in [-0.1, -0.05) is 36.4 Å². The maximum absolute atomic E-state index is 10.4. The van der Waals surface area contributed by atoms with E-state index in [9.17, 15) is 5.11 Å². The molecule has 0 bridgehead atoms. The van der Waals surface area contributed by atoms with Crippen molar-refractivity contribution in [2.45, 2.75) is 26.4 Å². The summed E-state index contributed by atoms with van der Waals surface area (Å²) >= 11 is 0. The van der Waals surface area contributed by atoms with Gasteiger partial charge in [0.1, 0.15) is 0 Å². The minimum absolute atomic E-state index is 0.364. The SMILES string of the molecule is CC(C)N1C=C(O)C2=CN(Cc3ccc4ccccc4c3)CCN2C1. The molecule has 0 spiro atoms. The molecule has 0 fully saturated rings. The molecule has 0 saturated heterocycles. The molecule has 2 aliphatic rings. The number of fused-ring (bicyclic) bond motifs is 2. The van der Waals surface area contributed by atoms with E-state index in [-0.39, 0.29) is 0 Å². The maximum atomic E-state index is 10.4. The molecule has 4 nitrogen and oxygen atoms in total. The van der Waals surface area contributed by atoms with Gasteiger partial charge in [0.2, 0.25) is 0 Å². The van der Waals surface area contributed by atoms with Gasteiger partial charge in [0, 0.05) is 38.1 Å². The normalized spacial score (nSPS) is 17.6. The molecule has 0 aliphatic carbocycles. The summed E-state index contributed by atoms with van der Waals surface area (Å²) in [6.07, 6.45) is 3.97. The highest BCUT2D eigenvalue weighted by Gasteiger charge is 2.27. The summed E-state index contributed by atoms with van der Waals surface area (Å²) in [5, 5.41) is 13.0. The van der Waals surface area contributed by atoms with Gasteiger partial charge in [-0.25, -0.2) is 0 Å². The zero-order valence-electron chi connectivity index (χ0n) is 14.9. The summed E-state index contributed by atoms with van der Waals surface area (Å²) in [4.78, 5) is 6.73. The topological polar surface area (TPSA) is 30.0 Å². The Balaban J connectivity index is 1.55. The molecule has 4 rings (SSSR count). The second kappa shape index (κ2) is 6.36. The first-order chi connectivity index (χ1) is 12.1. The van der Waals surface area contributed by atoms with Crippen LogP contribution in [0.2, 0.25) is 0 Å². The third kappa shape index (κ3) is 3.16. The van der Waals surface area contributed by atoms with Crippen molar-refractivity contribution in [3.05, 3.63) is 71.9 Å². The van der Waals surface area contributed by atoms with Crippen molar-refractivity contribution >= 4 is 10.8 Å². The van der Waals surface area contributed by atoms with Crippen molar-refractivity contribution in [3.63, 3.8) is 0 Å². The van der Waals surface area contributed by atoms with E-state index in [2.05, 4.69) is 77.2 Å². The van der Waals surface area contributed by atoms with Crippen LogP contribution in [-0.4, -0.2) is 45.6 Å². The molecule has 0 radical (unpaired) electrons. The third-order valence-electron chi connectivity index (χ3n) is 5.05. The maximum Gasteiger partial charge on any atom is 0.156 e. The molecular formula is C21H25N3O. The largest absolute Gasteiger partial charge is 0.504 e. The Labute approximate surface area is 149 Å².